The van der Waals surface area contributed by atoms with Gasteiger partial charge in [0.15, 0.2) is 0 Å². The zero-order valence-corrected chi connectivity index (χ0v) is 14.3. The molecule has 2 rings (SSSR count). The van der Waals surface area contributed by atoms with Crippen molar-refractivity contribution in [2.24, 2.45) is 0 Å². The number of nitrogens with one attached hydrogen (secondary N) is 2. The van der Waals surface area contributed by atoms with Crippen LogP contribution >= 0.6 is 0 Å². The van der Waals surface area contributed by atoms with Crippen LogP contribution in [-0.4, -0.2) is 15.9 Å². The lowest BCUT2D eigenvalue weighted by Crippen LogP contribution is -2.44. The Morgan fingerprint density at radius 1 is 1.27 bits per heavy atom. The van der Waals surface area contributed by atoms with Crippen molar-refractivity contribution in [1.29, 1.82) is 0 Å². The first-order chi connectivity index (χ1) is 12.0. The number of carbonyl (C=O) groups excluding carboxylic acids is 1. The molecule has 1 atom stereocenters. The van der Waals surface area contributed by atoms with E-state index >= 15 is 0 Å². The van der Waals surface area contributed by atoms with Crippen LogP contribution in [0.3, 0.4) is 0 Å². The van der Waals surface area contributed by atoms with Gasteiger partial charge in [0.1, 0.15) is 17.3 Å². The lowest BCUT2D eigenvalue weighted by atomic mass is 9.88. The molecule has 26 heavy (non-hydrogen) atoms. The van der Waals surface area contributed by atoms with Gasteiger partial charge in [-0.3, -0.25) is 9.59 Å². The maximum Gasteiger partial charge on any atom is 0.416 e. The standard InChI is InChI=1S/C17H17F4N3O2/c1-4-16(3,11-6-5-10(7-12(11)18)17(19,20)21)24-15(26)13-8-14(25)23-9(2)22-13/h5-8H,4H2,1-3H3,(H,24,26)(H,22,23,25)/t16-/m1/s1. The van der Waals surface area contributed by atoms with Crippen LogP contribution in [0.25, 0.3) is 0 Å². The molecule has 2 N–H and O–H groups in total. The fourth-order valence-corrected chi connectivity index (χ4v) is 2.50. The smallest absolute Gasteiger partial charge is 0.341 e. The number of halogens is 4. The molecular weight excluding hydrogens is 354 g/mol. The maximum atomic E-state index is 14.3. The predicted molar refractivity (Wildman–Crippen MR) is 86.1 cm³/mol. The van der Waals surface area contributed by atoms with Crippen LogP contribution in [-0.2, 0) is 11.7 Å². The highest BCUT2D eigenvalue weighted by molar-refractivity contribution is 5.92. The molecule has 9 heteroatoms. The summed E-state index contributed by atoms with van der Waals surface area (Å²) >= 11 is 0. The van der Waals surface area contributed by atoms with Gasteiger partial charge < -0.3 is 10.3 Å². The summed E-state index contributed by atoms with van der Waals surface area (Å²) in [6.45, 7) is 4.62. The molecule has 140 valence electrons. The highest BCUT2D eigenvalue weighted by atomic mass is 19.4. The second-order valence-corrected chi connectivity index (χ2v) is 6.05. The van der Waals surface area contributed by atoms with Crippen LogP contribution < -0.4 is 10.9 Å². The van der Waals surface area contributed by atoms with E-state index in [0.717, 1.165) is 18.2 Å². The van der Waals surface area contributed by atoms with Gasteiger partial charge in [0.05, 0.1) is 11.1 Å². The van der Waals surface area contributed by atoms with E-state index in [4.69, 9.17) is 0 Å². The van der Waals surface area contributed by atoms with Crippen molar-refractivity contribution in [3.63, 3.8) is 0 Å². The molecule has 0 aliphatic heterocycles. The van der Waals surface area contributed by atoms with Crippen molar-refractivity contribution >= 4 is 5.91 Å². The largest absolute Gasteiger partial charge is 0.416 e. The summed E-state index contributed by atoms with van der Waals surface area (Å²) in [6, 6.07) is 3.14. The molecule has 0 bridgehead atoms. The van der Waals surface area contributed by atoms with Gasteiger partial charge in [-0.2, -0.15) is 13.2 Å². The summed E-state index contributed by atoms with van der Waals surface area (Å²) in [5.41, 5.74) is -3.19. The van der Waals surface area contributed by atoms with Crippen LogP contribution in [0.1, 0.15) is 47.7 Å². The summed E-state index contributed by atoms with van der Waals surface area (Å²) < 4.78 is 52.4. The summed E-state index contributed by atoms with van der Waals surface area (Å²) in [6.07, 6.45) is -4.47. The van der Waals surface area contributed by atoms with Gasteiger partial charge in [-0.25, -0.2) is 9.37 Å². The van der Waals surface area contributed by atoms with Crippen molar-refractivity contribution in [2.45, 2.75) is 38.9 Å². The van der Waals surface area contributed by atoms with E-state index in [9.17, 15) is 27.2 Å². The molecule has 1 aromatic heterocycles. The lowest BCUT2D eigenvalue weighted by Gasteiger charge is -2.31. The van der Waals surface area contributed by atoms with E-state index in [1.165, 1.54) is 13.8 Å². The minimum Gasteiger partial charge on any atom is -0.341 e. The molecule has 2 aromatic rings. The SMILES string of the molecule is CC[C@@](C)(NC(=O)c1cc(=O)[nH]c(C)n1)c1ccc(C(F)(F)F)cc1F. The Morgan fingerprint density at radius 2 is 1.92 bits per heavy atom. The van der Waals surface area contributed by atoms with Crippen molar-refractivity contribution in [1.82, 2.24) is 15.3 Å². The van der Waals surface area contributed by atoms with Gasteiger partial charge in [-0.05, 0) is 32.4 Å². The molecule has 0 spiro atoms. The number of hydrogen-bond donors (Lipinski definition) is 2. The Kier molecular flexibility index (Phi) is 5.20. The van der Waals surface area contributed by atoms with Gasteiger partial charge >= 0.3 is 6.18 Å². The quantitative estimate of drug-likeness (QED) is 0.810. The average Bonchev–Trinajstić information content (AvgIpc) is 2.52. The number of rotatable bonds is 4. The fraction of sp³-hybridized carbons (Fsp3) is 0.353. The molecule has 0 radical (unpaired) electrons. The van der Waals surface area contributed by atoms with E-state index in [-0.39, 0.29) is 23.5 Å². The van der Waals surface area contributed by atoms with E-state index < -0.39 is 34.6 Å². The number of benzene rings is 1. The van der Waals surface area contributed by atoms with Gasteiger partial charge in [-0.1, -0.05) is 13.0 Å². The first kappa shape index (κ1) is 19.6. The molecule has 0 aliphatic carbocycles. The number of H-pyrrole nitrogens is 1. The molecule has 0 aliphatic rings. The first-order valence-electron chi connectivity index (χ1n) is 7.74. The highest BCUT2D eigenvalue weighted by Crippen LogP contribution is 2.33. The van der Waals surface area contributed by atoms with Gasteiger partial charge in [0, 0.05) is 11.6 Å². The van der Waals surface area contributed by atoms with E-state index in [0.29, 0.717) is 6.07 Å². The molecule has 1 amide bonds. The van der Waals surface area contributed by atoms with Crippen LogP contribution in [0.4, 0.5) is 17.6 Å². The second kappa shape index (κ2) is 6.89. The molecule has 0 fully saturated rings. The maximum absolute atomic E-state index is 14.3. The van der Waals surface area contributed by atoms with Crippen LogP contribution in [0.15, 0.2) is 29.1 Å². The second-order valence-electron chi connectivity index (χ2n) is 6.05. The van der Waals surface area contributed by atoms with E-state index in [1.54, 1.807) is 6.92 Å². The minimum atomic E-state index is -4.67. The fourth-order valence-electron chi connectivity index (χ4n) is 2.50. The molecule has 0 saturated heterocycles. The number of alkyl halides is 3. The number of aryl methyl sites for hydroxylation is 1. The van der Waals surface area contributed by atoms with Crippen LogP contribution in [0.2, 0.25) is 0 Å². The van der Waals surface area contributed by atoms with Crippen molar-refractivity contribution < 1.29 is 22.4 Å². The summed E-state index contributed by atoms with van der Waals surface area (Å²) in [7, 11) is 0. The monoisotopic (exact) mass is 371 g/mol. The van der Waals surface area contributed by atoms with Gasteiger partial charge in [0.2, 0.25) is 0 Å². The number of amides is 1. The topological polar surface area (TPSA) is 74.8 Å². The first-order valence-corrected chi connectivity index (χ1v) is 7.74. The summed E-state index contributed by atoms with van der Waals surface area (Å²) in [4.78, 5) is 30.2. The van der Waals surface area contributed by atoms with E-state index in [2.05, 4.69) is 15.3 Å². The zero-order valence-electron chi connectivity index (χ0n) is 14.3. The molecule has 0 saturated carbocycles. The molecule has 5 nitrogen and oxygen atoms in total. The zero-order chi connectivity index (χ0) is 19.7. The Bertz CT molecular complexity index is 892. The minimum absolute atomic E-state index is 0.0945. The Labute approximate surface area is 146 Å². The number of nitrogens with zero attached hydrogens (tertiary/aromatic N) is 1. The van der Waals surface area contributed by atoms with Crippen LogP contribution in [0, 0.1) is 12.7 Å². The third-order valence-electron chi connectivity index (χ3n) is 4.08. The van der Waals surface area contributed by atoms with Gasteiger partial charge in [0.25, 0.3) is 11.5 Å². The number of aromatic nitrogens is 2. The summed E-state index contributed by atoms with van der Waals surface area (Å²) in [5, 5.41) is 2.55. The average molecular weight is 371 g/mol. The molecule has 0 unspecified atom stereocenters. The third kappa shape index (κ3) is 4.09. The highest BCUT2D eigenvalue weighted by Gasteiger charge is 2.35. The Hall–Kier alpha value is -2.71. The number of carbonyl (C=O) groups is 1. The summed E-state index contributed by atoms with van der Waals surface area (Å²) in [5.74, 6) is -1.59. The van der Waals surface area contributed by atoms with Gasteiger partial charge in [-0.15, -0.1) is 0 Å². The molecule has 1 aromatic carbocycles. The van der Waals surface area contributed by atoms with Crippen molar-refractivity contribution in [3.8, 4) is 0 Å². The number of hydrogen-bond acceptors (Lipinski definition) is 3. The van der Waals surface area contributed by atoms with Crippen molar-refractivity contribution in [3.05, 3.63) is 63.1 Å². The van der Waals surface area contributed by atoms with Crippen LogP contribution in [0.5, 0.6) is 0 Å². The number of aromatic amines is 1. The predicted octanol–water partition coefficient (Wildman–Crippen LogP) is 3.29. The Morgan fingerprint density at radius 3 is 2.42 bits per heavy atom. The third-order valence-corrected chi connectivity index (χ3v) is 4.08. The van der Waals surface area contributed by atoms with Crippen molar-refractivity contribution in [2.75, 3.05) is 0 Å². The lowest BCUT2D eigenvalue weighted by molar-refractivity contribution is -0.137. The normalized spacial score (nSPS) is 14.0. The van der Waals surface area contributed by atoms with E-state index in [1.807, 2.05) is 0 Å². The molecular formula is C17H17F4N3O2. The molecule has 1 heterocycles. The Balaban J connectivity index is 2.39.